The van der Waals surface area contributed by atoms with E-state index in [2.05, 4.69) is 30.7 Å². The third kappa shape index (κ3) is 3.57. The molecular weight excluding hydrogens is 384 g/mol. The van der Waals surface area contributed by atoms with Gasteiger partial charge in [-0.2, -0.15) is 0 Å². The van der Waals surface area contributed by atoms with E-state index in [0.29, 0.717) is 11.3 Å². The zero-order valence-corrected chi connectivity index (χ0v) is 19.8. The molecule has 1 aromatic heterocycles. The van der Waals surface area contributed by atoms with E-state index < -0.39 is 5.60 Å². The molecule has 31 heavy (non-hydrogen) atoms. The van der Waals surface area contributed by atoms with Gasteiger partial charge >= 0.3 is 0 Å². The van der Waals surface area contributed by atoms with Crippen molar-refractivity contribution in [3.8, 4) is 0 Å². The highest BCUT2D eigenvalue weighted by molar-refractivity contribution is 5.12. The lowest BCUT2D eigenvalue weighted by atomic mass is 9.44. The van der Waals surface area contributed by atoms with Crippen LogP contribution >= 0.6 is 0 Å². The molecule has 1 heterocycles. The first-order valence-corrected chi connectivity index (χ1v) is 12.9. The number of hydrogen-bond acceptors (Lipinski definition) is 4. The summed E-state index contributed by atoms with van der Waals surface area (Å²) >= 11 is 0. The Morgan fingerprint density at radius 3 is 2.58 bits per heavy atom. The van der Waals surface area contributed by atoms with Crippen molar-refractivity contribution in [2.75, 3.05) is 0 Å². The predicted molar refractivity (Wildman–Crippen MR) is 122 cm³/mol. The van der Waals surface area contributed by atoms with Gasteiger partial charge in [-0.15, -0.1) is 0 Å². The molecule has 4 aliphatic rings. The summed E-state index contributed by atoms with van der Waals surface area (Å²) in [6.45, 7) is 7.18. The van der Waals surface area contributed by atoms with Gasteiger partial charge in [0.2, 0.25) is 0 Å². The largest absolute Gasteiger partial charge is 0.393 e. The second kappa shape index (κ2) is 7.80. The molecular formula is C27H42N2O2. The van der Waals surface area contributed by atoms with E-state index in [1.165, 1.54) is 44.9 Å². The molecule has 4 heteroatoms. The monoisotopic (exact) mass is 426 g/mol. The summed E-state index contributed by atoms with van der Waals surface area (Å²) < 4.78 is 0. The first-order chi connectivity index (χ1) is 14.7. The third-order valence-electron chi connectivity index (χ3n) is 10.9. The molecule has 0 radical (unpaired) electrons. The van der Waals surface area contributed by atoms with E-state index >= 15 is 0 Å². The number of aliphatic hydroxyl groups is 2. The van der Waals surface area contributed by atoms with Crippen molar-refractivity contribution in [2.45, 2.75) is 103 Å². The number of nitrogens with zero attached hydrogens (tertiary/aromatic N) is 2. The zero-order chi connectivity index (χ0) is 21.9. The van der Waals surface area contributed by atoms with Gasteiger partial charge in [-0.05, 0) is 124 Å². The lowest BCUT2D eigenvalue weighted by Crippen LogP contribution is -2.55. The van der Waals surface area contributed by atoms with Gasteiger partial charge in [0.25, 0.3) is 0 Å². The second-order valence-corrected chi connectivity index (χ2v) is 12.3. The Kier molecular flexibility index (Phi) is 5.49. The molecule has 9 atom stereocenters. The van der Waals surface area contributed by atoms with E-state index in [-0.39, 0.29) is 11.5 Å². The quantitative estimate of drug-likeness (QED) is 0.696. The van der Waals surface area contributed by atoms with Crippen LogP contribution < -0.4 is 0 Å². The Balaban J connectivity index is 1.33. The topological polar surface area (TPSA) is 66.2 Å². The van der Waals surface area contributed by atoms with Crippen LogP contribution in [-0.4, -0.2) is 31.9 Å². The molecule has 172 valence electrons. The molecule has 4 aliphatic carbocycles. The number of hydrogen-bond donors (Lipinski definition) is 2. The first-order valence-electron chi connectivity index (χ1n) is 12.9. The smallest absolute Gasteiger partial charge is 0.115 e. The molecule has 0 saturated heterocycles. The van der Waals surface area contributed by atoms with Crippen LogP contribution in [0.15, 0.2) is 18.6 Å². The van der Waals surface area contributed by atoms with Crippen molar-refractivity contribution in [1.29, 1.82) is 0 Å². The standard InChI is InChI=1S/C27H42N2O2/c1-25-12-9-20(30)16-18(25)4-5-21-22-6-7-24(26(22,2)13-10-23(21)25)27(3,31)14-8-19-11-15-28-17-29-19/h11,15,17-18,20-24,30-31H,4-10,12-14,16H2,1-3H3/t18?,20-,21-,22-,23-,24-,25-,26-,27+/m0/s1. The van der Waals surface area contributed by atoms with Crippen molar-refractivity contribution < 1.29 is 10.2 Å². The Morgan fingerprint density at radius 2 is 1.81 bits per heavy atom. The molecule has 0 aliphatic heterocycles. The van der Waals surface area contributed by atoms with E-state index in [4.69, 9.17) is 0 Å². The van der Waals surface area contributed by atoms with Crippen LogP contribution in [0.1, 0.15) is 90.7 Å². The molecule has 5 rings (SSSR count). The lowest BCUT2D eigenvalue weighted by Gasteiger charge is -2.61. The highest BCUT2D eigenvalue weighted by Crippen LogP contribution is 2.68. The maximum absolute atomic E-state index is 11.7. The van der Waals surface area contributed by atoms with Crippen molar-refractivity contribution in [3.05, 3.63) is 24.3 Å². The van der Waals surface area contributed by atoms with Gasteiger partial charge in [-0.25, -0.2) is 9.97 Å². The van der Waals surface area contributed by atoms with Gasteiger partial charge < -0.3 is 10.2 Å². The number of aromatic nitrogens is 2. The molecule has 4 saturated carbocycles. The van der Waals surface area contributed by atoms with Crippen LogP contribution in [0.2, 0.25) is 0 Å². The predicted octanol–water partition coefficient (Wildman–Crippen LogP) is 5.18. The van der Waals surface area contributed by atoms with Gasteiger partial charge in [-0.1, -0.05) is 13.8 Å². The summed E-state index contributed by atoms with van der Waals surface area (Å²) in [7, 11) is 0. The van der Waals surface area contributed by atoms with Crippen LogP contribution in [0, 0.1) is 40.4 Å². The molecule has 0 aromatic carbocycles. The van der Waals surface area contributed by atoms with Gasteiger partial charge in [0, 0.05) is 11.9 Å². The van der Waals surface area contributed by atoms with Crippen LogP contribution in [0.4, 0.5) is 0 Å². The number of fused-ring (bicyclic) bond motifs is 5. The number of rotatable bonds is 4. The fourth-order valence-corrected chi connectivity index (χ4v) is 9.28. The molecule has 2 N–H and O–H groups in total. The molecule has 1 aromatic rings. The Hall–Kier alpha value is -1.00. The Bertz CT molecular complexity index is 783. The number of aliphatic hydroxyl groups excluding tert-OH is 1. The minimum Gasteiger partial charge on any atom is -0.393 e. The minimum absolute atomic E-state index is 0.0654. The van der Waals surface area contributed by atoms with Crippen LogP contribution in [0.3, 0.4) is 0 Å². The fraction of sp³-hybridized carbons (Fsp3) is 0.852. The zero-order valence-electron chi connectivity index (χ0n) is 19.8. The summed E-state index contributed by atoms with van der Waals surface area (Å²) in [5.74, 6) is 3.49. The van der Waals surface area contributed by atoms with E-state index in [9.17, 15) is 10.2 Å². The summed E-state index contributed by atoms with van der Waals surface area (Å²) in [6, 6.07) is 1.97. The van der Waals surface area contributed by atoms with E-state index in [0.717, 1.165) is 55.0 Å². The molecule has 1 unspecified atom stereocenters. The van der Waals surface area contributed by atoms with Crippen molar-refractivity contribution >= 4 is 0 Å². The average Bonchev–Trinajstić information content (AvgIpc) is 3.12. The van der Waals surface area contributed by atoms with Crippen LogP contribution in [0.25, 0.3) is 0 Å². The molecule has 0 spiro atoms. The minimum atomic E-state index is -0.642. The highest BCUT2D eigenvalue weighted by Gasteiger charge is 2.62. The normalized spacial score (nSPS) is 46.5. The summed E-state index contributed by atoms with van der Waals surface area (Å²) in [5, 5.41) is 21.9. The lowest BCUT2D eigenvalue weighted by molar-refractivity contribution is -0.144. The maximum Gasteiger partial charge on any atom is 0.115 e. The van der Waals surface area contributed by atoms with Crippen molar-refractivity contribution in [3.63, 3.8) is 0 Å². The van der Waals surface area contributed by atoms with Crippen LogP contribution in [-0.2, 0) is 6.42 Å². The summed E-state index contributed by atoms with van der Waals surface area (Å²) in [5.41, 5.74) is 1.08. The van der Waals surface area contributed by atoms with Crippen molar-refractivity contribution in [2.24, 2.45) is 40.4 Å². The average molecular weight is 427 g/mol. The maximum atomic E-state index is 11.7. The second-order valence-electron chi connectivity index (χ2n) is 12.3. The van der Waals surface area contributed by atoms with Gasteiger partial charge in [-0.3, -0.25) is 0 Å². The van der Waals surface area contributed by atoms with E-state index in [1.54, 1.807) is 12.5 Å². The molecule has 0 amide bonds. The number of aryl methyl sites for hydroxylation is 1. The van der Waals surface area contributed by atoms with Gasteiger partial charge in [0.1, 0.15) is 6.33 Å². The van der Waals surface area contributed by atoms with Crippen molar-refractivity contribution in [1.82, 2.24) is 9.97 Å². The summed E-state index contributed by atoms with van der Waals surface area (Å²) in [6.07, 6.45) is 15.9. The molecule has 0 bridgehead atoms. The van der Waals surface area contributed by atoms with E-state index in [1.807, 2.05) is 6.07 Å². The van der Waals surface area contributed by atoms with Crippen LogP contribution in [0.5, 0.6) is 0 Å². The van der Waals surface area contributed by atoms with Gasteiger partial charge in [0.15, 0.2) is 0 Å². The first kappa shape index (κ1) is 21.8. The molecule has 4 fully saturated rings. The SMILES string of the molecule is C[C@]12CC[C@H]3[C@@H](CCC4C[C@@H](O)CC[C@@]43C)[C@@H]1CC[C@@H]2[C@](C)(O)CCc1ccncn1. The van der Waals surface area contributed by atoms with Gasteiger partial charge in [0.05, 0.1) is 11.7 Å². The fourth-order valence-electron chi connectivity index (χ4n) is 9.28. The summed E-state index contributed by atoms with van der Waals surface area (Å²) in [4.78, 5) is 8.39. The Morgan fingerprint density at radius 1 is 1.03 bits per heavy atom. The Labute approximate surface area is 188 Å². The third-order valence-corrected chi connectivity index (χ3v) is 10.9. The molecule has 4 nitrogen and oxygen atoms in total. The highest BCUT2D eigenvalue weighted by atomic mass is 16.3.